The fourth-order valence-corrected chi connectivity index (χ4v) is 5.12. The molecule has 0 saturated heterocycles. The monoisotopic (exact) mass is 434 g/mol. The molecule has 8 nitrogen and oxygen atoms in total. The van der Waals surface area contributed by atoms with Gasteiger partial charge in [0.2, 0.25) is 0 Å². The highest BCUT2D eigenvalue weighted by atomic mass is 32.3. The number of hydrogen-bond donors (Lipinski definition) is 0. The van der Waals surface area contributed by atoms with Gasteiger partial charge in [-0.3, -0.25) is 0 Å². The largest absolute Gasteiger partial charge is 0.293 e. The predicted molar refractivity (Wildman–Crippen MR) is 99.3 cm³/mol. The normalized spacial score (nSPS) is 11.2. The second-order valence-corrected chi connectivity index (χ2v) is 9.84. The lowest BCUT2D eigenvalue weighted by molar-refractivity contribution is 0.597. The summed E-state index contributed by atoms with van der Waals surface area (Å²) in [6, 6.07) is 15.4. The van der Waals surface area contributed by atoms with Crippen molar-refractivity contribution in [3.05, 3.63) is 60.7 Å². The minimum Gasteiger partial charge on any atom is -0.198 e. The van der Waals surface area contributed by atoms with Gasteiger partial charge in [-0.25, -0.2) is 0 Å². The molecule has 0 radical (unpaired) electrons. The molecule has 0 atom stereocenters. The van der Waals surface area contributed by atoms with Crippen LogP contribution in [0.3, 0.4) is 0 Å². The van der Waals surface area contributed by atoms with Crippen molar-refractivity contribution in [2.75, 3.05) is 0 Å². The molecule has 0 N–H and O–H groups in total. The quantitative estimate of drug-likeness (QED) is 0.647. The molecule has 0 heterocycles. The number of rotatable bonds is 6. The van der Waals surface area contributed by atoms with E-state index in [1.807, 2.05) is 0 Å². The molecule has 13 heteroatoms. The SMILES string of the molecule is O=S(=O)(N=S=NSN=S=NS(=O)(=O)c1ccccc1)c1ccccc1. The first kappa shape index (κ1) is 19.7. The Morgan fingerprint density at radius 1 is 0.600 bits per heavy atom. The highest BCUT2D eigenvalue weighted by Crippen LogP contribution is 2.12. The molecule has 0 aliphatic rings. The van der Waals surface area contributed by atoms with E-state index in [9.17, 15) is 16.8 Å². The molecular weight excluding hydrogens is 424 g/mol. The molecule has 0 fully saturated rings. The average Bonchev–Trinajstić information content (AvgIpc) is 2.62. The highest BCUT2D eigenvalue weighted by Gasteiger charge is 2.11. The summed E-state index contributed by atoms with van der Waals surface area (Å²) in [4.78, 5) is 0.107. The summed E-state index contributed by atoms with van der Waals surface area (Å²) in [7, 11) is -7.60. The minimum absolute atomic E-state index is 0.0537. The molecule has 0 aliphatic heterocycles. The second-order valence-electron chi connectivity index (χ2n) is 4.12. The fraction of sp³-hybridized carbons (Fsp3) is 0. The second kappa shape index (κ2) is 9.15. The zero-order valence-corrected chi connectivity index (χ0v) is 16.3. The van der Waals surface area contributed by atoms with Gasteiger partial charge < -0.3 is 0 Å². The van der Waals surface area contributed by atoms with Crippen LogP contribution in [-0.2, 0) is 42.8 Å². The molecule has 0 aliphatic carbocycles. The number of hydrogen-bond acceptors (Lipinski definition) is 7. The van der Waals surface area contributed by atoms with E-state index in [0.29, 0.717) is 34.8 Å². The van der Waals surface area contributed by atoms with Gasteiger partial charge in [0.15, 0.2) is 0 Å². The molecule has 25 heavy (non-hydrogen) atoms. The first-order chi connectivity index (χ1) is 11.9. The Hall–Kier alpha value is -1.67. The van der Waals surface area contributed by atoms with Crippen LogP contribution in [0.5, 0.6) is 0 Å². The molecule has 2 aromatic rings. The van der Waals surface area contributed by atoms with Crippen LogP contribution in [0.2, 0.25) is 0 Å². The van der Waals surface area contributed by atoms with Gasteiger partial charge in [0.1, 0.15) is 12.1 Å². The summed E-state index contributed by atoms with van der Waals surface area (Å²) in [5, 5.41) is 0. The van der Waals surface area contributed by atoms with Gasteiger partial charge in [-0.2, -0.15) is 16.8 Å². The van der Waals surface area contributed by atoms with Gasteiger partial charge in [0, 0.05) is 0 Å². The van der Waals surface area contributed by atoms with E-state index in [1.165, 1.54) is 24.3 Å². The lowest BCUT2D eigenvalue weighted by Gasteiger charge is -1.93. The maximum absolute atomic E-state index is 11.8. The Morgan fingerprint density at radius 2 is 0.960 bits per heavy atom. The maximum atomic E-state index is 11.8. The molecule has 0 aromatic heterocycles. The minimum atomic E-state index is -3.80. The molecule has 0 spiro atoms. The van der Waals surface area contributed by atoms with Crippen molar-refractivity contribution in [1.29, 1.82) is 0 Å². The van der Waals surface area contributed by atoms with Crippen molar-refractivity contribution in [2.24, 2.45) is 15.1 Å². The third-order valence-electron chi connectivity index (χ3n) is 2.48. The highest BCUT2D eigenvalue weighted by molar-refractivity contribution is 8.04. The Bertz CT molecular complexity index is 970. The summed E-state index contributed by atoms with van der Waals surface area (Å²) in [5.74, 6) is 0. The molecule has 0 amide bonds. The van der Waals surface area contributed by atoms with Crippen LogP contribution in [0, 0.1) is 0 Å². The molecule has 0 saturated carbocycles. The summed E-state index contributed by atoms with van der Waals surface area (Å²) < 4.78 is 61.3. The van der Waals surface area contributed by atoms with Crippen molar-refractivity contribution >= 4 is 54.9 Å². The number of sulfonamides is 2. The van der Waals surface area contributed by atoms with Crippen LogP contribution in [0.25, 0.3) is 0 Å². The van der Waals surface area contributed by atoms with E-state index in [1.54, 1.807) is 36.4 Å². The Morgan fingerprint density at radius 3 is 1.32 bits per heavy atom. The summed E-state index contributed by atoms with van der Waals surface area (Å²) in [5.41, 5.74) is 0. The summed E-state index contributed by atoms with van der Waals surface area (Å²) in [6.45, 7) is 0. The van der Waals surface area contributed by atoms with E-state index in [2.05, 4.69) is 15.1 Å². The van der Waals surface area contributed by atoms with Crippen LogP contribution in [0.4, 0.5) is 0 Å². The first-order valence-electron chi connectivity index (χ1n) is 6.36. The summed E-state index contributed by atoms with van der Waals surface area (Å²) >= 11 is 1.46. The lowest BCUT2D eigenvalue weighted by atomic mass is 10.4. The lowest BCUT2D eigenvalue weighted by Crippen LogP contribution is -1.94. The zero-order chi connectivity index (χ0) is 18.2. The number of benzene rings is 2. The molecule has 132 valence electrons. The van der Waals surface area contributed by atoms with Crippen molar-refractivity contribution in [3.8, 4) is 0 Å². The molecule has 2 rings (SSSR count). The maximum Gasteiger partial charge on any atom is 0.293 e. The third kappa shape index (κ3) is 6.28. The van der Waals surface area contributed by atoms with Gasteiger partial charge in [-0.1, -0.05) is 43.9 Å². The van der Waals surface area contributed by atoms with Gasteiger partial charge in [-0.15, -0.1) is 7.54 Å². The Balaban J connectivity index is 2.02. The van der Waals surface area contributed by atoms with Crippen molar-refractivity contribution in [1.82, 2.24) is 0 Å². The Labute approximate surface area is 156 Å². The van der Waals surface area contributed by atoms with Crippen LogP contribution >= 0.6 is 12.1 Å². The predicted octanol–water partition coefficient (Wildman–Crippen LogP) is 3.23. The van der Waals surface area contributed by atoms with E-state index < -0.39 is 20.0 Å². The first-order valence-corrected chi connectivity index (χ1v) is 11.4. The van der Waals surface area contributed by atoms with Gasteiger partial charge in [0.25, 0.3) is 20.0 Å². The van der Waals surface area contributed by atoms with Crippen molar-refractivity contribution < 1.29 is 16.8 Å². The van der Waals surface area contributed by atoms with Gasteiger partial charge in [-0.05, 0) is 24.3 Å². The smallest absolute Gasteiger partial charge is 0.198 e. The molecule has 2 aromatic carbocycles. The van der Waals surface area contributed by atoms with E-state index in [0.717, 1.165) is 0 Å². The zero-order valence-electron chi connectivity index (χ0n) is 12.2. The van der Waals surface area contributed by atoms with Crippen LogP contribution in [0.15, 0.2) is 85.5 Å². The fourth-order valence-electron chi connectivity index (χ4n) is 1.43. The van der Waals surface area contributed by atoms with E-state index >= 15 is 0 Å². The summed E-state index contributed by atoms with van der Waals surface area (Å²) in [6.07, 6.45) is 0. The van der Waals surface area contributed by atoms with Crippen molar-refractivity contribution in [3.63, 3.8) is 0 Å². The van der Waals surface area contributed by atoms with Crippen LogP contribution in [-0.4, -0.2) is 16.8 Å². The standard InChI is InChI=1S/C12H10N4O4S5/c17-24(18,11-7-3-1-4-8-11)15-22-13-21-14-23-16-25(19,20)12-9-5-2-6-10-12/h1-10H. The topological polar surface area (TPSA) is 118 Å². The van der Waals surface area contributed by atoms with Crippen LogP contribution in [0.1, 0.15) is 0 Å². The van der Waals surface area contributed by atoms with Crippen LogP contribution < -0.4 is 0 Å². The van der Waals surface area contributed by atoms with E-state index in [-0.39, 0.29) is 9.79 Å². The van der Waals surface area contributed by atoms with Gasteiger partial charge >= 0.3 is 0 Å². The molecular formula is C12H10N4O4S5. The molecule has 0 unspecified atom stereocenters. The average molecular weight is 435 g/mol. The van der Waals surface area contributed by atoms with E-state index in [4.69, 9.17) is 0 Å². The third-order valence-corrected chi connectivity index (χ3v) is 7.38. The van der Waals surface area contributed by atoms with Gasteiger partial charge in [0.05, 0.1) is 32.5 Å². The molecule has 0 bridgehead atoms. The number of nitrogens with zero attached hydrogens (tertiary/aromatic N) is 4. The van der Waals surface area contributed by atoms with Crippen molar-refractivity contribution in [2.45, 2.75) is 9.79 Å². The Kier molecular flexibility index (Phi) is 7.19.